The maximum Gasteiger partial charge on any atom is 0.241 e. The van der Waals surface area contributed by atoms with Gasteiger partial charge in [-0.05, 0) is 57.5 Å². The van der Waals surface area contributed by atoms with Gasteiger partial charge >= 0.3 is 0 Å². The minimum Gasteiger partial charge on any atom is -0.316 e. The molecule has 0 aromatic heterocycles. The van der Waals surface area contributed by atoms with Gasteiger partial charge in [0.25, 0.3) is 0 Å². The van der Waals surface area contributed by atoms with Crippen molar-refractivity contribution in [3.63, 3.8) is 0 Å². The van der Waals surface area contributed by atoms with Gasteiger partial charge in [-0.2, -0.15) is 0 Å². The van der Waals surface area contributed by atoms with Gasteiger partial charge < -0.3 is 5.32 Å². The van der Waals surface area contributed by atoms with Crippen molar-refractivity contribution in [2.24, 2.45) is 0 Å². The van der Waals surface area contributed by atoms with Crippen molar-refractivity contribution >= 4 is 21.6 Å². The van der Waals surface area contributed by atoms with Crippen LogP contribution in [0.25, 0.3) is 0 Å². The van der Waals surface area contributed by atoms with Crippen molar-refractivity contribution < 1.29 is 8.42 Å². The van der Waals surface area contributed by atoms with Crippen molar-refractivity contribution in [3.05, 3.63) is 28.3 Å². The van der Waals surface area contributed by atoms with Gasteiger partial charge in [-0.15, -0.1) is 0 Å². The van der Waals surface area contributed by atoms with E-state index < -0.39 is 15.6 Å². The lowest BCUT2D eigenvalue weighted by Gasteiger charge is -2.25. The molecule has 0 aliphatic carbocycles. The molecule has 0 atom stereocenters. The molecule has 20 heavy (non-hydrogen) atoms. The molecule has 0 unspecified atom stereocenters. The van der Waals surface area contributed by atoms with E-state index in [0.29, 0.717) is 18.0 Å². The van der Waals surface area contributed by atoms with E-state index in [1.54, 1.807) is 13.0 Å². The maximum absolute atomic E-state index is 12.5. The molecule has 2 N–H and O–H groups in total. The first-order valence-corrected chi connectivity index (χ1v) is 8.46. The SMILES string of the molecule is CCC(C)(C)NS(=O)(=O)c1cc(Cl)cc(CNC)c1C. The summed E-state index contributed by atoms with van der Waals surface area (Å²) in [5.41, 5.74) is 1.12. The third kappa shape index (κ3) is 4.19. The minimum atomic E-state index is -3.59. The lowest BCUT2D eigenvalue weighted by Crippen LogP contribution is -2.42. The normalized spacial score (nSPS) is 12.7. The largest absolute Gasteiger partial charge is 0.316 e. The third-order valence-corrected chi connectivity index (χ3v) is 5.43. The Labute approximate surface area is 127 Å². The maximum atomic E-state index is 12.5. The molecule has 0 bridgehead atoms. The first-order chi connectivity index (χ1) is 9.13. The van der Waals surface area contributed by atoms with E-state index >= 15 is 0 Å². The van der Waals surface area contributed by atoms with E-state index in [1.807, 2.05) is 27.8 Å². The van der Waals surface area contributed by atoms with Crippen LogP contribution in [0.4, 0.5) is 0 Å². The van der Waals surface area contributed by atoms with Gasteiger partial charge in [-0.1, -0.05) is 18.5 Å². The molecule has 1 aromatic rings. The Morgan fingerprint density at radius 1 is 1.30 bits per heavy atom. The molecule has 1 rings (SSSR count). The highest BCUT2D eigenvalue weighted by atomic mass is 35.5. The summed E-state index contributed by atoms with van der Waals surface area (Å²) < 4.78 is 27.8. The Morgan fingerprint density at radius 3 is 2.40 bits per heavy atom. The first-order valence-electron chi connectivity index (χ1n) is 6.60. The van der Waals surface area contributed by atoms with Crippen molar-refractivity contribution in [2.75, 3.05) is 7.05 Å². The van der Waals surface area contributed by atoms with Crippen molar-refractivity contribution in [3.8, 4) is 0 Å². The molecule has 0 saturated carbocycles. The summed E-state index contributed by atoms with van der Waals surface area (Å²) in [5, 5.41) is 3.44. The van der Waals surface area contributed by atoms with Crippen LogP contribution >= 0.6 is 11.6 Å². The predicted molar refractivity (Wildman–Crippen MR) is 83.6 cm³/mol. The van der Waals surface area contributed by atoms with E-state index in [2.05, 4.69) is 10.0 Å². The molecule has 0 amide bonds. The Bertz CT molecular complexity index is 583. The van der Waals surface area contributed by atoms with Crippen LogP contribution < -0.4 is 10.0 Å². The molecule has 0 heterocycles. The molecular weight excluding hydrogens is 296 g/mol. The van der Waals surface area contributed by atoms with E-state index in [0.717, 1.165) is 11.1 Å². The standard InChI is InChI=1S/C14H23ClN2O2S/c1-6-14(3,4)17-20(18,19)13-8-12(15)7-11(9-16-5)10(13)2/h7-8,16-17H,6,9H2,1-5H3. The van der Waals surface area contributed by atoms with Gasteiger partial charge in [-0.25, -0.2) is 13.1 Å². The van der Waals surface area contributed by atoms with Gasteiger partial charge in [0, 0.05) is 17.1 Å². The quantitative estimate of drug-likeness (QED) is 0.848. The van der Waals surface area contributed by atoms with Crippen molar-refractivity contribution in [2.45, 2.75) is 51.1 Å². The molecule has 114 valence electrons. The van der Waals surface area contributed by atoms with Crippen LogP contribution in [0.3, 0.4) is 0 Å². The van der Waals surface area contributed by atoms with Gasteiger partial charge in [0.15, 0.2) is 0 Å². The molecule has 6 heteroatoms. The fourth-order valence-corrected chi connectivity index (χ4v) is 3.96. The van der Waals surface area contributed by atoms with Gasteiger partial charge in [0.2, 0.25) is 10.0 Å². The zero-order chi connectivity index (χ0) is 15.6. The number of halogens is 1. The lowest BCUT2D eigenvalue weighted by atomic mass is 10.0. The van der Waals surface area contributed by atoms with Crippen LogP contribution in [0.1, 0.15) is 38.3 Å². The second-order valence-electron chi connectivity index (χ2n) is 5.56. The highest BCUT2D eigenvalue weighted by molar-refractivity contribution is 7.89. The van der Waals surface area contributed by atoms with E-state index in [-0.39, 0.29) is 4.90 Å². The summed E-state index contributed by atoms with van der Waals surface area (Å²) in [6.07, 6.45) is 0.704. The summed E-state index contributed by atoms with van der Waals surface area (Å²) in [6.45, 7) is 8.04. The Morgan fingerprint density at radius 2 is 1.90 bits per heavy atom. The zero-order valence-electron chi connectivity index (χ0n) is 12.7. The van der Waals surface area contributed by atoms with Gasteiger partial charge in [0.1, 0.15) is 0 Å². The number of hydrogen-bond donors (Lipinski definition) is 2. The number of hydrogen-bond acceptors (Lipinski definition) is 3. The Hall–Kier alpha value is -0.620. The van der Waals surface area contributed by atoms with Crippen LogP contribution in [-0.4, -0.2) is 21.0 Å². The average Bonchev–Trinajstić information content (AvgIpc) is 2.32. The van der Waals surface area contributed by atoms with Crippen LogP contribution in [-0.2, 0) is 16.6 Å². The van der Waals surface area contributed by atoms with E-state index in [9.17, 15) is 8.42 Å². The fourth-order valence-electron chi connectivity index (χ4n) is 1.85. The molecule has 0 radical (unpaired) electrons. The zero-order valence-corrected chi connectivity index (χ0v) is 14.2. The summed E-state index contributed by atoms with van der Waals surface area (Å²) >= 11 is 6.05. The topological polar surface area (TPSA) is 58.2 Å². The first kappa shape index (κ1) is 17.4. The van der Waals surface area contributed by atoms with Gasteiger partial charge in [-0.3, -0.25) is 0 Å². The highest BCUT2D eigenvalue weighted by Gasteiger charge is 2.26. The molecule has 0 aliphatic heterocycles. The van der Waals surface area contributed by atoms with Gasteiger partial charge in [0.05, 0.1) is 4.90 Å². The molecule has 1 aromatic carbocycles. The lowest BCUT2D eigenvalue weighted by molar-refractivity contribution is 0.439. The highest BCUT2D eigenvalue weighted by Crippen LogP contribution is 2.26. The number of benzene rings is 1. The molecule has 0 aliphatic rings. The van der Waals surface area contributed by atoms with E-state index in [4.69, 9.17) is 11.6 Å². The van der Waals surface area contributed by atoms with Crippen LogP contribution in [0.15, 0.2) is 17.0 Å². The predicted octanol–water partition coefficient (Wildman–Crippen LogP) is 2.83. The van der Waals surface area contributed by atoms with Crippen LogP contribution in [0, 0.1) is 6.92 Å². The number of rotatable bonds is 6. The summed E-state index contributed by atoms with van der Waals surface area (Å²) in [7, 11) is -1.77. The third-order valence-electron chi connectivity index (χ3n) is 3.38. The van der Waals surface area contributed by atoms with E-state index in [1.165, 1.54) is 6.07 Å². The van der Waals surface area contributed by atoms with Crippen molar-refractivity contribution in [1.29, 1.82) is 0 Å². The number of nitrogens with one attached hydrogen (secondary N) is 2. The van der Waals surface area contributed by atoms with Crippen LogP contribution in [0.2, 0.25) is 5.02 Å². The molecule has 4 nitrogen and oxygen atoms in total. The molecule has 0 fully saturated rings. The summed E-state index contributed by atoms with van der Waals surface area (Å²) in [4.78, 5) is 0.247. The minimum absolute atomic E-state index is 0.247. The molecule has 0 spiro atoms. The smallest absolute Gasteiger partial charge is 0.241 e. The molecule has 0 saturated heterocycles. The second kappa shape index (κ2) is 6.43. The summed E-state index contributed by atoms with van der Waals surface area (Å²) in [6, 6.07) is 3.29. The fraction of sp³-hybridized carbons (Fsp3) is 0.571. The Kier molecular flexibility index (Phi) is 5.61. The monoisotopic (exact) mass is 318 g/mol. The van der Waals surface area contributed by atoms with Crippen molar-refractivity contribution in [1.82, 2.24) is 10.0 Å². The number of sulfonamides is 1. The summed E-state index contributed by atoms with van der Waals surface area (Å²) in [5.74, 6) is 0. The van der Waals surface area contributed by atoms with Crippen LogP contribution in [0.5, 0.6) is 0 Å². The average molecular weight is 319 g/mol. The molecular formula is C14H23ClN2O2S. The Balaban J connectivity index is 3.31. The second-order valence-corrected chi connectivity index (χ2v) is 7.65.